The zero-order valence-corrected chi connectivity index (χ0v) is 8.34. The minimum atomic E-state index is 0.355. The van der Waals surface area contributed by atoms with Gasteiger partial charge >= 0.3 is 0 Å². The number of benzene rings is 1. The first-order chi connectivity index (χ1) is 5.75. The second-order valence-electron chi connectivity index (χ2n) is 3.43. The zero-order valence-electron chi connectivity index (χ0n) is 6.76. The fourth-order valence-corrected chi connectivity index (χ4v) is 1.59. The van der Waals surface area contributed by atoms with Crippen LogP contribution >= 0.6 is 15.9 Å². The normalized spacial score (nSPS) is 16.4. The molecule has 1 saturated carbocycles. The lowest BCUT2D eigenvalue weighted by Crippen LogP contribution is -1.85. The lowest BCUT2D eigenvalue weighted by atomic mass is 10.1. The topological polar surface area (TPSA) is 20.2 Å². The molecule has 0 radical (unpaired) electrons. The molecule has 0 spiro atoms. The van der Waals surface area contributed by atoms with E-state index < -0.39 is 0 Å². The van der Waals surface area contributed by atoms with E-state index in [1.54, 1.807) is 0 Å². The summed E-state index contributed by atoms with van der Waals surface area (Å²) in [5.74, 6) is 1.23. The van der Waals surface area contributed by atoms with Crippen molar-refractivity contribution < 1.29 is 5.11 Å². The molecule has 0 aromatic heterocycles. The third kappa shape index (κ3) is 1.81. The van der Waals surface area contributed by atoms with E-state index in [2.05, 4.69) is 22.0 Å². The minimum Gasteiger partial charge on any atom is -0.507 e. The van der Waals surface area contributed by atoms with Crippen molar-refractivity contribution in [2.24, 2.45) is 5.92 Å². The molecule has 0 saturated heterocycles. The second-order valence-corrected chi connectivity index (χ2v) is 4.29. The van der Waals surface area contributed by atoms with Crippen LogP contribution in [0.15, 0.2) is 22.7 Å². The quantitative estimate of drug-likeness (QED) is 0.822. The van der Waals surface area contributed by atoms with Gasteiger partial charge in [0.25, 0.3) is 0 Å². The Labute approximate surface area is 80.5 Å². The van der Waals surface area contributed by atoms with Gasteiger partial charge in [0.15, 0.2) is 0 Å². The zero-order chi connectivity index (χ0) is 8.55. The molecule has 0 aliphatic heterocycles. The molecule has 0 heterocycles. The van der Waals surface area contributed by atoms with E-state index in [9.17, 15) is 5.11 Å². The Hall–Kier alpha value is -0.500. The average molecular weight is 227 g/mol. The molecule has 0 bridgehead atoms. The molecular formula is C10H11BrO. The van der Waals surface area contributed by atoms with Crippen LogP contribution in [-0.4, -0.2) is 5.11 Å². The number of halogens is 1. The van der Waals surface area contributed by atoms with Gasteiger partial charge in [-0.2, -0.15) is 0 Å². The Morgan fingerprint density at radius 3 is 2.75 bits per heavy atom. The van der Waals surface area contributed by atoms with Crippen molar-refractivity contribution in [1.29, 1.82) is 0 Å². The molecule has 1 aliphatic carbocycles. The molecule has 1 fully saturated rings. The number of phenolic OH excluding ortho intramolecular Hbond substituents is 1. The van der Waals surface area contributed by atoms with E-state index in [-0.39, 0.29) is 0 Å². The Morgan fingerprint density at radius 1 is 1.42 bits per heavy atom. The fraction of sp³-hybridized carbons (Fsp3) is 0.400. The Bertz CT molecular complexity index is 292. The molecular weight excluding hydrogens is 216 g/mol. The predicted octanol–water partition coefficient (Wildman–Crippen LogP) is 3.11. The second kappa shape index (κ2) is 3.09. The van der Waals surface area contributed by atoms with Crippen LogP contribution in [0.3, 0.4) is 0 Å². The molecule has 1 aromatic rings. The summed E-state index contributed by atoms with van der Waals surface area (Å²) >= 11 is 3.26. The van der Waals surface area contributed by atoms with Gasteiger partial charge in [-0.15, -0.1) is 0 Å². The summed E-state index contributed by atoms with van der Waals surface area (Å²) in [5.41, 5.74) is 1.25. The van der Waals surface area contributed by atoms with Gasteiger partial charge in [-0.25, -0.2) is 0 Å². The minimum absolute atomic E-state index is 0.355. The summed E-state index contributed by atoms with van der Waals surface area (Å²) in [6.45, 7) is 0. The summed E-state index contributed by atoms with van der Waals surface area (Å²) in [6.07, 6.45) is 3.84. The van der Waals surface area contributed by atoms with E-state index >= 15 is 0 Å². The van der Waals surface area contributed by atoms with Crippen LogP contribution in [0.2, 0.25) is 0 Å². The number of aromatic hydroxyl groups is 1. The van der Waals surface area contributed by atoms with Crippen LogP contribution in [0.1, 0.15) is 18.4 Å². The first kappa shape index (κ1) is 8.11. The van der Waals surface area contributed by atoms with Crippen LogP contribution in [0.5, 0.6) is 5.75 Å². The summed E-state index contributed by atoms with van der Waals surface area (Å²) < 4.78 is 0.780. The predicted molar refractivity (Wildman–Crippen MR) is 52.2 cm³/mol. The van der Waals surface area contributed by atoms with Gasteiger partial charge in [0, 0.05) is 0 Å². The van der Waals surface area contributed by atoms with E-state index in [4.69, 9.17) is 0 Å². The molecule has 1 aromatic carbocycles. The van der Waals surface area contributed by atoms with Crippen molar-refractivity contribution in [2.45, 2.75) is 19.3 Å². The van der Waals surface area contributed by atoms with Gasteiger partial charge in [0.05, 0.1) is 4.47 Å². The maximum atomic E-state index is 9.39. The molecule has 0 amide bonds. The highest BCUT2D eigenvalue weighted by atomic mass is 79.9. The largest absolute Gasteiger partial charge is 0.507 e. The monoisotopic (exact) mass is 226 g/mol. The Balaban J connectivity index is 2.15. The lowest BCUT2D eigenvalue weighted by molar-refractivity contribution is 0.471. The average Bonchev–Trinajstić information content (AvgIpc) is 2.81. The van der Waals surface area contributed by atoms with E-state index in [0.717, 1.165) is 16.8 Å². The van der Waals surface area contributed by atoms with Crippen LogP contribution in [0.4, 0.5) is 0 Å². The SMILES string of the molecule is Oc1cc(CC2CC2)ccc1Br. The highest BCUT2D eigenvalue weighted by molar-refractivity contribution is 9.10. The molecule has 0 atom stereocenters. The molecule has 12 heavy (non-hydrogen) atoms. The summed E-state index contributed by atoms with van der Waals surface area (Å²) in [5, 5.41) is 9.39. The molecule has 0 unspecified atom stereocenters. The van der Waals surface area contributed by atoms with Crippen molar-refractivity contribution in [3.8, 4) is 5.75 Å². The first-order valence-corrected chi connectivity index (χ1v) is 5.02. The van der Waals surface area contributed by atoms with Crippen LogP contribution < -0.4 is 0 Å². The van der Waals surface area contributed by atoms with Crippen molar-refractivity contribution in [3.63, 3.8) is 0 Å². The maximum absolute atomic E-state index is 9.39. The first-order valence-electron chi connectivity index (χ1n) is 4.23. The lowest BCUT2D eigenvalue weighted by Gasteiger charge is -2.01. The maximum Gasteiger partial charge on any atom is 0.130 e. The molecule has 64 valence electrons. The smallest absolute Gasteiger partial charge is 0.130 e. The van der Waals surface area contributed by atoms with Gasteiger partial charge in [0.2, 0.25) is 0 Å². The van der Waals surface area contributed by atoms with Crippen LogP contribution in [0.25, 0.3) is 0 Å². The van der Waals surface area contributed by atoms with Crippen LogP contribution in [0, 0.1) is 5.92 Å². The van der Waals surface area contributed by atoms with Crippen molar-refractivity contribution in [1.82, 2.24) is 0 Å². The fourth-order valence-electron chi connectivity index (χ4n) is 1.34. The van der Waals surface area contributed by atoms with Gasteiger partial charge in [-0.05, 0) is 58.8 Å². The summed E-state index contributed by atoms with van der Waals surface area (Å²) in [7, 11) is 0. The number of hydrogen-bond acceptors (Lipinski definition) is 1. The van der Waals surface area contributed by atoms with E-state index in [1.807, 2.05) is 12.1 Å². The molecule has 1 aliphatic rings. The Kier molecular flexibility index (Phi) is 2.09. The third-order valence-corrected chi connectivity index (χ3v) is 2.90. The van der Waals surface area contributed by atoms with Crippen LogP contribution in [-0.2, 0) is 6.42 Å². The van der Waals surface area contributed by atoms with Crippen molar-refractivity contribution in [2.75, 3.05) is 0 Å². The molecule has 2 heteroatoms. The highest BCUT2D eigenvalue weighted by Crippen LogP contribution is 2.34. The van der Waals surface area contributed by atoms with E-state index in [1.165, 1.54) is 18.4 Å². The summed E-state index contributed by atoms with van der Waals surface area (Å²) in [6, 6.07) is 5.83. The van der Waals surface area contributed by atoms with Crippen molar-refractivity contribution in [3.05, 3.63) is 28.2 Å². The van der Waals surface area contributed by atoms with E-state index in [0.29, 0.717) is 5.75 Å². The van der Waals surface area contributed by atoms with Gasteiger partial charge in [-0.3, -0.25) is 0 Å². The molecule has 1 N–H and O–H groups in total. The number of hydrogen-bond donors (Lipinski definition) is 1. The number of rotatable bonds is 2. The van der Waals surface area contributed by atoms with Gasteiger partial charge in [-0.1, -0.05) is 6.07 Å². The summed E-state index contributed by atoms with van der Waals surface area (Å²) in [4.78, 5) is 0. The third-order valence-electron chi connectivity index (χ3n) is 2.23. The molecule has 1 nitrogen and oxygen atoms in total. The molecule has 2 rings (SSSR count). The number of phenols is 1. The van der Waals surface area contributed by atoms with Gasteiger partial charge < -0.3 is 5.11 Å². The van der Waals surface area contributed by atoms with Gasteiger partial charge in [0.1, 0.15) is 5.75 Å². The highest BCUT2D eigenvalue weighted by Gasteiger charge is 2.21. The standard InChI is InChI=1S/C10H11BrO/c11-9-4-3-8(6-10(9)12)5-7-1-2-7/h3-4,6-7,12H,1-2,5H2. The Morgan fingerprint density at radius 2 is 2.17 bits per heavy atom. The van der Waals surface area contributed by atoms with Crippen molar-refractivity contribution >= 4 is 15.9 Å².